The molecule has 11 heteroatoms. The molecular weight excluding hydrogens is 399 g/mol. The number of hydrogen-bond donors (Lipinski definition) is 2. The van der Waals surface area contributed by atoms with E-state index in [1.165, 1.54) is 6.07 Å². The van der Waals surface area contributed by atoms with Crippen molar-refractivity contribution in [3.8, 4) is 17.5 Å². The number of halogens is 3. The molecule has 2 aromatic heterocycles. The van der Waals surface area contributed by atoms with Gasteiger partial charge >= 0.3 is 6.18 Å². The van der Waals surface area contributed by atoms with E-state index < -0.39 is 24.4 Å². The summed E-state index contributed by atoms with van der Waals surface area (Å²) in [5, 5.41) is 15.1. The molecule has 0 bridgehead atoms. The van der Waals surface area contributed by atoms with E-state index in [0.29, 0.717) is 18.9 Å². The lowest BCUT2D eigenvalue weighted by Gasteiger charge is -2.33. The van der Waals surface area contributed by atoms with E-state index in [1.807, 2.05) is 17.9 Å². The van der Waals surface area contributed by atoms with Gasteiger partial charge in [0, 0.05) is 37.7 Å². The Morgan fingerprint density at radius 2 is 2.10 bits per heavy atom. The Bertz CT molecular complexity index is 1030. The van der Waals surface area contributed by atoms with Gasteiger partial charge in [-0.1, -0.05) is 0 Å². The monoisotopic (exact) mass is 417 g/mol. The summed E-state index contributed by atoms with van der Waals surface area (Å²) in [7, 11) is 0. The SMILES string of the molecule is C[C@H]1CN(c2cc(C#N)cc(-c3ncnc4c3[C@@H](C(F)(F)F)CC(=O)N4)n2)CCN1. The van der Waals surface area contributed by atoms with Gasteiger partial charge in [0.1, 0.15) is 18.0 Å². The number of anilines is 2. The van der Waals surface area contributed by atoms with Gasteiger partial charge < -0.3 is 15.5 Å². The second kappa shape index (κ2) is 7.53. The van der Waals surface area contributed by atoms with E-state index in [9.17, 15) is 23.2 Å². The van der Waals surface area contributed by atoms with Crippen LogP contribution in [0.5, 0.6) is 0 Å². The van der Waals surface area contributed by atoms with E-state index in [2.05, 4.69) is 25.6 Å². The first-order chi connectivity index (χ1) is 14.3. The highest BCUT2D eigenvalue weighted by molar-refractivity contribution is 5.95. The summed E-state index contributed by atoms with van der Waals surface area (Å²) in [6.07, 6.45) is -4.33. The molecule has 0 spiro atoms. The Kier molecular flexibility index (Phi) is 5.03. The number of nitrogens with one attached hydrogen (secondary N) is 2. The number of pyridine rings is 1. The summed E-state index contributed by atoms with van der Waals surface area (Å²) in [5.41, 5.74) is 0.131. The first-order valence-electron chi connectivity index (χ1n) is 9.38. The fourth-order valence-corrected chi connectivity index (χ4v) is 3.78. The van der Waals surface area contributed by atoms with Gasteiger partial charge in [-0.05, 0) is 19.1 Å². The lowest BCUT2D eigenvalue weighted by atomic mass is 9.89. The topological polar surface area (TPSA) is 107 Å². The van der Waals surface area contributed by atoms with Crippen LogP contribution in [-0.2, 0) is 4.79 Å². The third-order valence-electron chi connectivity index (χ3n) is 5.15. The Hall–Kier alpha value is -3.26. The molecule has 2 aliphatic rings. The second-order valence-electron chi connectivity index (χ2n) is 7.34. The molecule has 0 aromatic carbocycles. The third-order valence-corrected chi connectivity index (χ3v) is 5.15. The molecule has 156 valence electrons. The number of nitrogens with zero attached hydrogens (tertiary/aromatic N) is 5. The summed E-state index contributed by atoms with van der Waals surface area (Å²) in [6.45, 7) is 4.03. The van der Waals surface area contributed by atoms with E-state index in [4.69, 9.17) is 0 Å². The van der Waals surface area contributed by atoms with Crippen molar-refractivity contribution in [2.45, 2.75) is 31.5 Å². The number of amides is 1. The molecule has 4 heterocycles. The molecule has 0 aliphatic carbocycles. The first kappa shape index (κ1) is 20.0. The maximum absolute atomic E-state index is 13.7. The van der Waals surface area contributed by atoms with Crippen molar-refractivity contribution < 1.29 is 18.0 Å². The van der Waals surface area contributed by atoms with Gasteiger partial charge in [0.2, 0.25) is 5.91 Å². The van der Waals surface area contributed by atoms with Gasteiger partial charge in [0.15, 0.2) is 0 Å². The lowest BCUT2D eigenvalue weighted by Crippen LogP contribution is -2.49. The maximum Gasteiger partial charge on any atom is 0.396 e. The summed E-state index contributed by atoms with van der Waals surface area (Å²) in [4.78, 5) is 26.2. The molecule has 0 radical (unpaired) electrons. The molecule has 1 fully saturated rings. The van der Waals surface area contributed by atoms with Gasteiger partial charge in [0.25, 0.3) is 0 Å². The zero-order chi connectivity index (χ0) is 21.5. The van der Waals surface area contributed by atoms with Crippen LogP contribution < -0.4 is 15.5 Å². The molecule has 1 saturated heterocycles. The number of rotatable bonds is 2. The average molecular weight is 417 g/mol. The summed E-state index contributed by atoms with van der Waals surface area (Å²) in [5.74, 6) is -2.50. The van der Waals surface area contributed by atoms with Crippen molar-refractivity contribution in [1.29, 1.82) is 5.26 Å². The van der Waals surface area contributed by atoms with Crippen molar-refractivity contribution in [3.05, 3.63) is 29.6 Å². The Morgan fingerprint density at radius 3 is 2.80 bits per heavy atom. The van der Waals surface area contributed by atoms with Gasteiger partial charge in [-0.2, -0.15) is 18.4 Å². The summed E-state index contributed by atoms with van der Waals surface area (Å²) < 4.78 is 41.2. The molecule has 0 unspecified atom stereocenters. The average Bonchev–Trinajstić information content (AvgIpc) is 2.71. The Balaban J connectivity index is 1.86. The molecule has 2 atom stereocenters. The molecule has 1 amide bonds. The van der Waals surface area contributed by atoms with E-state index in [0.717, 1.165) is 12.9 Å². The second-order valence-corrected chi connectivity index (χ2v) is 7.34. The largest absolute Gasteiger partial charge is 0.396 e. The van der Waals surface area contributed by atoms with Crippen molar-refractivity contribution >= 4 is 17.5 Å². The van der Waals surface area contributed by atoms with Crippen LogP contribution in [0.1, 0.15) is 30.4 Å². The van der Waals surface area contributed by atoms with Crippen LogP contribution in [-0.4, -0.2) is 52.7 Å². The van der Waals surface area contributed by atoms with Crippen LogP contribution in [0.15, 0.2) is 18.5 Å². The van der Waals surface area contributed by atoms with E-state index >= 15 is 0 Å². The van der Waals surface area contributed by atoms with Crippen LogP contribution in [0.4, 0.5) is 24.8 Å². The zero-order valence-electron chi connectivity index (χ0n) is 16.0. The number of carbonyl (C=O) groups excluding carboxylic acids is 1. The number of alkyl halides is 3. The standard InChI is InChI=1S/C19H18F3N7O/c1-10-8-29(3-2-24-10)14-5-11(7-23)4-13(27-14)17-16-12(19(20,21)22)6-15(30)28-18(16)26-9-25-17/h4-5,9-10,12,24H,2-3,6,8H2,1H3,(H,25,26,28,30)/t10-,12-/m0/s1. The molecule has 0 saturated carbocycles. The van der Waals surface area contributed by atoms with Crippen LogP contribution in [0.25, 0.3) is 11.4 Å². The molecular formula is C19H18F3N7O. The summed E-state index contributed by atoms with van der Waals surface area (Å²) >= 11 is 0. The van der Waals surface area contributed by atoms with Crippen LogP contribution in [0.3, 0.4) is 0 Å². The quantitative estimate of drug-likeness (QED) is 0.771. The minimum absolute atomic E-state index is 0.0381. The van der Waals surface area contributed by atoms with Crippen LogP contribution in [0, 0.1) is 11.3 Å². The number of piperazine rings is 1. The zero-order valence-corrected chi connectivity index (χ0v) is 16.0. The van der Waals surface area contributed by atoms with Crippen molar-refractivity contribution in [1.82, 2.24) is 20.3 Å². The van der Waals surface area contributed by atoms with Crippen LogP contribution >= 0.6 is 0 Å². The van der Waals surface area contributed by atoms with Crippen molar-refractivity contribution in [2.24, 2.45) is 0 Å². The normalized spacial score (nSPS) is 21.6. The molecule has 8 nitrogen and oxygen atoms in total. The number of nitriles is 1. The number of carbonyl (C=O) groups is 1. The highest BCUT2D eigenvalue weighted by atomic mass is 19.4. The Labute approximate surface area is 170 Å². The molecule has 2 aromatic rings. The highest BCUT2D eigenvalue weighted by Crippen LogP contribution is 2.45. The molecule has 2 aliphatic heterocycles. The fourth-order valence-electron chi connectivity index (χ4n) is 3.78. The number of aromatic nitrogens is 3. The van der Waals surface area contributed by atoms with Gasteiger partial charge in [-0.25, -0.2) is 15.0 Å². The fraction of sp³-hybridized carbons (Fsp3) is 0.421. The third kappa shape index (κ3) is 3.78. The predicted molar refractivity (Wildman–Crippen MR) is 102 cm³/mol. The summed E-state index contributed by atoms with van der Waals surface area (Å²) in [6, 6.07) is 5.25. The minimum atomic E-state index is -4.66. The highest BCUT2D eigenvalue weighted by Gasteiger charge is 2.47. The molecule has 30 heavy (non-hydrogen) atoms. The lowest BCUT2D eigenvalue weighted by molar-refractivity contribution is -0.156. The van der Waals surface area contributed by atoms with E-state index in [1.54, 1.807) is 6.07 Å². The Morgan fingerprint density at radius 1 is 1.30 bits per heavy atom. The molecule has 2 N–H and O–H groups in total. The predicted octanol–water partition coefficient (Wildman–Crippen LogP) is 2.20. The smallest absolute Gasteiger partial charge is 0.354 e. The number of fused-ring (bicyclic) bond motifs is 1. The molecule has 4 rings (SSSR count). The van der Waals surface area contributed by atoms with Crippen molar-refractivity contribution in [2.75, 3.05) is 29.9 Å². The van der Waals surface area contributed by atoms with Gasteiger partial charge in [0.05, 0.1) is 28.9 Å². The maximum atomic E-state index is 13.7. The van der Waals surface area contributed by atoms with Gasteiger partial charge in [-0.3, -0.25) is 4.79 Å². The first-order valence-corrected chi connectivity index (χ1v) is 9.38. The van der Waals surface area contributed by atoms with Crippen LogP contribution in [0.2, 0.25) is 0 Å². The number of hydrogen-bond acceptors (Lipinski definition) is 7. The minimum Gasteiger partial charge on any atom is -0.354 e. The van der Waals surface area contributed by atoms with Gasteiger partial charge in [-0.15, -0.1) is 0 Å². The van der Waals surface area contributed by atoms with Crippen molar-refractivity contribution in [3.63, 3.8) is 0 Å². The van der Waals surface area contributed by atoms with E-state index in [-0.39, 0.29) is 34.4 Å².